The quantitative estimate of drug-likeness (QED) is 0.128. The van der Waals surface area contributed by atoms with Crippen molar-refractivity contribution in [3.8, 4) is 33.4 Å². The van der Waals surface area contributed by atoms with Gasteiger partial charge >= 0.3 is 0 Å². The molecule has 0 fully saturated rings. The molecule has 4 nitrogen and oxygen atoms in total. The first-order valence-electron chi connectivity index (χ1n) is 31.4. The van der Waals surface area contributed by atoms with Gasteiger partial charge in [0.2, 0.25) is 0 Å². The summed E-state index contributed by atoms with van der Waals surface area (Å²) in [4.78, 5) is 4.76. The molecule has 0 spiro atoms. The van der Waals surface area contributed by atoms with Gasteiger partial charge in [-0.25, -0.2) is 0 Å². The van der Waals surface area contributed by atoms with Crippen LogP contribution in [-0.4, -0.2) is 0 Å². The molecule has 4 heteroatoms. The number of para-hydroxylation sites is 6. The predicted molar refractivity (Wildman–Crippen MR) is 381 cm³/mol. The topological polar surface area (TPSA) is 32.8 Å². The van der Waals surface area contributed by atoms with Crippen LogP contribution in [0.15, 0.2) is 324 Å². The number of fused-ring (bicyclic) bond motifs is 16. The SMILES string of the molecule is Cc1ccccc1-c1cccc2c1oc1c(N(c3ccccc3)c3ccc4c5c(ccc4c3)-c3c(c4ccc(N(c6ccccc6)c6cccc7c6oc6c(-c8ccccc8C)cccc67)cc4c4ccccc34)C5(c3ccccc3)c3ccccc3)cccc12. The first-order valence-corrected chi connectivity index (χ1v) is 31.4. The summed E-state index contributed by atoms with van der Waals surface area (Å²) in [6.07, 6.45) is 0. The normalized spacial score (nSPS) is 12.6. The molecule has 0 radical (unpaired) electrons. The number of aryl methyl sites for hydroxylation is 2. The highest BCUT2D eigenvalue weighted by molar-refractivity contribution is 6.22. The third-order valence-corrected chi connectivity index (χ3v) is 19.4. The van der Waals surface area contributed by atoms with Crippen molar-refractivity contribution in [1.82, 2.24) is 0 Å². The third-order valence-electron chi connectivity index (χ3n) is 19.4. The van der Waals surface area contributed by atoms with Crippen LogP contribution in [0, 0.1) is 13.8 Å². The summed E-state index contributed by atoms with van der Waals surface area (Å²) in [5, 5.41) is 11.4. The number of furan rings is 2. The van der Waals surface area contributed by atoms with Crippen LogP contribution in [0.3, 0.4) is 0 Å². The number of nitrogens with zero attached hydrogens (tertiary/aromatic N) is 2. The van der Waals surface area contributed by atoms with Crippen LogP contribution in [0.5, 0.6) is 0 Å². The number of hydrogen-bond donors (Lipinski definition) is 0. The number of rotatable bonds is 10. The molecule has 0 amide bonds. The molecule has 0 atom stereocenters. The fourth-order valence-electron chi connectivity index (χ4n) is 15.4. The molecule has 1 aliphatic carbocycles. The van der Waals surface area contributed by atoms with Crippen LogP contribution in [-0.2, 0) is 5.41 Å². The number of hydrogen-bond acceptors (Lipinski definition) is 4. The zero-order chi connectivity index (χ0) is 60.3. The first-order chi connectivity index (χ1) is 45.0. The molecule has 1 aliphatic rings. The maximum Gasteiger partial charge on any atom is 0.159 e. The molecule has 15 aromatic carbocycles. The van der Waals surface area contributed by atoms with Gasteiger partial charge in [-0.2, -0.15) is 0 Å². The largest absolute Gasteiger partial charge is 0.453 e. The zero-order valence-electron chi connectivity index (χ0n) is 50.2. The summed E-state index contributed by atoms with van der Waals surface area (Å²) in [6, 6.07) is 115. The summed E-state index contributed by atoms with van der Waals surface area (Å²) in [5.74, 6) is 0. The highest BCUT2D eigenvalue weighted by atomic mass is 16.3. The molecule has 0 saturated heterocycles. The van der Waals surface area contributed by atoms with Crippen molar-refractivity contribution in [3.05, 3.63) is 349 Å². The van der Waals surface area contributed by atoms with Gasteiger partial charge in [-0.15, -0.1) is 0 Å². The molecule has 2 heterocycles. The van der Waals surface area contributed by atoms with Gasteiger partial charge in [0.05, 0.1) is 16.8 Å². The van der Waals surface area contributed by atoms with E-state index in [0.717, 1.165) is 94.5 Å². The first kappa shape index (κ1) is 52.4. The lowest BCUT2D eigenvalue weighted by molar-refractivity contribution is 0.670. The molecular weight excluding hydrogens is 1100 g/mol. The maximum atomic E-state index is 7.23. The van der Waals surface area contributed by atoms with E-state index in [1.807, 2.05) is 0 Å². The summed E-state index contributed by atoms with van der Waals surface area (Å²) in [7, 11) is 0. The number of benzene rings is 15. The molecule has 0 N–H and O–H groups in total. The fourth-order valence-corrected chi connectivity index (χ4v) is 15.4. The average Bonchev–Trinajstić information content (AvgIpc) is 1.53. The lowest BCUT2D eigenvalue weighted by Crippen LogP contribution is -2.29. The molecule has 428 valence electrons. The second kappa shape index (κ2) is 20.7. The van der Waals surface area contributed by atoms with Crippen molar-refractivity contribution in [3.63, 3.8) is 0 Å². The van der Waals surface area contributed by atoms with E-state index in [1.54, 1.807) is 0 Å². The Hall–Kier alpha value is -11.7. The van der Waals surface area contributed by atoms with Crippen LogP contribution in [0.2, 0.25) is 0 Å². The van der Waals surface area contributed by atoms with E-state index >= 15 is 0 Å². The van der Waals surface area contributed by atoms with Gasteiger partial charge in [-0.1, -0.05) is 255 Å². The van der Waals surface area contributed by atoms with Gasteiger partial charge in [0.25, 0.3) is 0 Å². The predicted octanol–water partition coefficient (Wildman–Crippen LogP) is 24.2. The summed E-state index contributed by atoms with van der Waals surface area (Å²) >= 11 is 0. The molecular formula is C87H58N2O2. The smallest absolute Gasteiger partial charge is 0.159 e. The standard InChI is InChI=1S/C87H58N2O2/c1-55-25-15-17-35-64(55)70-39-21-41-72-74-43-23-45-78(85(74)90-83(70)72)88(60-31-11-5-12-32-60)62-48-51-66-57(53-62)47-50-76-80-68-38-20-19-37-67(68)77-54-63(49-52-69(77)82(80)87(81(66)76,58-27-7-3-8-28-58)59-29-9-4-10-30-59)89(61-33-13-6-14-34-61)79-46-24-44-75-73-42-22-40-71(84(73)91-86(75)79)65-36-18-16-26-56(65)2/h3-54H,1-2H3. The Balaban J connectivity index is 0.869. The van der Waals surface area contributed by atoms with Gasteiger partial charge < -0.3 is 18.6 Å². The molecule has 0 saturated carbocycles. The maximum absolute atomic E-state index is 7.23. The van der Waals surface area contributed by atoms with Gasteiger partial charge in [0, 0.05) is 55.4 Å². The molecule has 0 unspecified atom stereocenters. The summed E-state index contributed by atoms with van der Waals surface area (Å²) in [6.45, 7) is 4.34. The van der Waals surface area contributed by atoms with Crippen LogP contribution in [0.4, 0.5) is 34.1 Å². The van der Waals surface area contributed by atoms with E-state index in [4.69, 9.17) is 8.83 Å². The van der Waals surface area contributed by atoms with Crippen LogP contribution in [0.25, 0.3) is 110 Å². The van der Waals surface area contributed by atoms with E-state index in [9.17, 15) is 0 Å². The van der Waals surface area contributed by atoms with Crippen molar-refractivity contribution in [1.29, 1.82) is 0 Å². The van der Waals surface area contributed by atoms with Gasteiger partial charge in [-0.3, -0.25) is 0 Å². The van der Waals surface area contributed by atoms with Gasteiger partial charge in [-0.05, 0) is 162 Å². The van der Waals surface area contributed by atoms with Crippen molar-refractivity contribution < 1.29 is 8.83 Å². The Kier molecular flexibility index (Phi) is 11.9. The van der Waals surface area contributed by atoms with E-state index in [1.165, 1.54) is 82.6 Å². The summed E-state index contributed by atoms with van der Waals surface area (Å²) < 4.78 is 14.4. The van der Waals surface area contributed by atoms with Crippen molar-refractivity contribution in [2.24, 2.45) is 0 Å². The molecule has 91 heavy (non-hydrogen) atoms. The van der Waals surface area contributed by atoms with E-state index in [2.05, 4.69) is 339 Å². The van der Waals surface area contributed by atoms with Gasteiger partial charge in [0.1, 0.15) is 11.2 Å². The third kappa shape index (κ3) is 7.89. The van der Waals surface area contributed by atoms with E-state index < -0.39 is 5.41 Å². The van der Waals surface area contributed by atoms with E-state index in [0.29, 0.717) is 0 Å². The minimum Gasteiger partial charge on any atom is -0.453 e. The highest BCUT2D eigenvalue weighted by Gasteiger charge is 2.49. The Labute approximate surface area is 527 Å². The lowest BCUT2D eigenvalue weighted by Gasteiger charge is -2.36. The van der Waals surface area contributed by atoms with Crippen molar-refractivity contribution in [2.75, 3.05) is 9.80 Å². The van der Waals surface area contributed by atoms with Gasteiger partial charge in [0.15, 0.2) is 11.2 Å². The zero-order valence-corrected chi connectivity index (χ0v) is 50.2. The minimum absolute atomic E-state index is 0.764. The number of anilines is 6. The second-order valence-corrected chi connectivity index (χ2v) is 24.2. The minimum atomic E-state index is -0.764. The average molecular weight is 1160 g/mol. The fraction of sp³-hybridized carbons (Fsp3) is 0.0345. The van der Waals surface area contributed by atoms with Crippen molar-refractivity contribution >= 4 is 110 Å². The molecule has 17 aromatic rings. The van der Waals surface area contributed by atoms with Crippen molar-refractivity contribution in [2.45, 2.75) is 19.3 Å². The molecule has 0 aliphatic heterocycles. The highest BCUT2D eigenvalue weighted by Crippen LogP contribution is 2.63. The van der Waals surface area contributed by atoms with E-state index in [-0.39, 0.29) is 0 Å². The van der Waals surface area contributed by atoms with Crippen LogP contribution in [0.1, 0.15) is 33.4 Å². The lowest BCUT2D eigenvalue weighted by atomic mass is 9.65. The monoisotopic (exact) mass is 1160 g/mol. The Morgan fingerprint density at radius 1 is 0.253 bits per heavy atom. The van der Waals surface area contributed by atoms with Crippen LogP contribution < -0.4 is 9.80 Å². The molecule has 2 aromatic heterocycles. The van der Waals surface area contributed by atoms with Crippen LogP contribution >= 0.6 is 0 Å². The Morgan fingerprint density at radius 3 is 1.20 bits per heavy atom. The summed E-state index contributed by atoms with van der Waals surface area (Å²) in [5.41, 5.74) is 23.1. The Bertz CT molecular complexity index is 5710. The molecule has 0 bridgehead atoms. The Morgan fingerprint density at radius 2 is 0.670 bits per heavy atom. The molecule has 18 rings (SSSR count). The second-order valence-electron chi connectivity index (χ2n) is 24.2.